The number of aromatic hydroxyl groups is 1. The topological polar surface area (TPSA) is 186 Å². The lowest BCUT2D eigenvalue weighted by atomic mass is 10.2. The molecule has 0 saturated heterocycles. The Morgan fingerprint density at radius 3 is 2.21 bits per heavy atom. The van der Waals surface area contributed by atoms with E-state index < -0.39 is 5.76 Å². The van der Waals surface area contributed by atoms with Gasteiger partial charge in [-0.1, -0.05) is 19.6 Å². The van der Waals surface area contributed by atoms with Gasteiger partial charge in [0, 0.05) is 6.54 Å². The minimum absolute atomic E-state index is 0. The molecule has 0 spiro atoms. The van der Waals surface area contributed by atoms with E-state index in [1.165, 1.54) is 10.6 Å². The first-order valence-electron chi connectivity index (χ1n) is 13.5. The van der Waals surface area contributed by atoms with Crippen molar-refractivity contribution in [3.8, 4) is 11.5 Å². The molecule has 3 aromatic rings. The molecule has 14 nitrogen and oxygen atoms in total. The largest absolute Gasteiger partial charge is 0.504 e. The number of benzene rings is 2. The van der Waals surface area contributed by atoms with Gasteiger partial charge in [-0.25, -0.2) is 10.6 Å². The van der Waals surface area contributed by atoms with Crippen LogP contribution >= 0.6 is 0 Å². The predicted octanol–water partition coefficient (Wildman–Crippen LogP) is 1.23. The van der Waals surface area contributed by atoms with Crippen molar-refractivity contribution in [2.75, 3.05) is 66.0 Å². The van der Waals surface area contributed by atoms with Crippen LogP contribution in [0.3, 0.4) is 0 Å². The normalized spacial score (nSPS) is 10.8. The molecule has 0 unspecified atom stereocenters. The van der Waals surface area contributed by atoms with Gasteiger partial charge < -0.3 is 38.5 Å². The average molecular weight is 607 g/mol. The summed E-state index contributed by atoms with van der Waals surface area (Å²) in [5.74, 6) is 3.83. The van der Waals surface area contributed by atoms with Crippen molar-refractivity contribution < 1.29 is 42.8 Å². The summed E-state index contributed by atoms with van der Waals surface area (Å²) >= 11 is 0. The summed E-state index contributed by atoms with van der Waals surface area (Å²) in [5, 5.41) is 13.0. The van der Waals surface area contributed by atoms with Crippen molar-refractivity contribution in [1.82, 2.24) is 15.3 Å². The van der Waals surface area contributed by atoms with Gasteiger partial charge in [0.25, 0.3) is 5.91 Å². The van der Waals surface area contributed by atoms with Crippen LogP contribution in [0.25, 0.3) is 11.1 Å². The number of hydrogen-bond acceptors (Lipinski definition) is 11. The lowest BCUT2D eigenvalue weighted by molar-refractivity contribution is -0.123. The van der Waals surface area contributed by atoms with Crippen LogP contribution in [-0.2, 0) is 35.1 Å². The number of fused-ring (bicyclic) bond motifs is 1. The van der Waals surface area contributed by atoms with Crippen LogP contribution < -0.4 is 27.1 Å². The van der Waals surface area contributed by atoms with Crippen LogP contribution in [0.15, 0.2) is 45.6 Å². The highest BCUT2D eigenvalue weighted by atomic mass is 16.6. The van der Waals surface area contributed by atoms with Gasteiger partial charge in [0.05, 0.1) is 71.3 Å². The molecule has 0 aliphatic carbocycles. The number of aromatic nitrogens is 1. The number of oxazole rings is 1. The number of amides is 2. The summed E-state index contributed by atoms with van der Waals surface area (Å²) in [5.41, 5.74) is 4.85. The van der Waals surface area contributed by atoms with Gasteiger partial charge in [-0.2, -0.15) is 0 Å². The zero-order chi connectivity index (χ0) is 30.2. The van der Waals surface area contributed by atoms with E-state index in [4.69, 9.17) is 33.9 Å². The summed E-state index contributed by atoms with van der Waals surface area (Å²) in [7, 11) is 0. The number of nitrogens with two attached hydrogens (primary N) is 1. The van der Waals surface area contributed by atoms with Gasteiger partial charge in [-0.15, -0.1) is 0 Å². The molecule has 2 amide bonds. The van der Waals surface area contributed by atoms with E-state index in [0.29, 0.717) is 62.9 Å². The molecule has 0 aliphatic rings. The molecule has 0 bridgehead atoms. The highest BCUT2D eigenvalue weighted by Gasteiger charge is 2.12. The molecule has 1 aromatic heterocycles. The number of nitrogens with zero attached hydrogens (tertiary/aromatic N) is 1. The Bertz CT molecular complexity index is 1340. The number of carbonyl (C=O) groups is 2. The van der Waals surface area contributed by atoms with Gasteiger partial charge >= 0.3 is 5.76 Å². The third kappa shape index (κ3) is 12.4. The maximum atomic E-state index is 12.3. The zero-order valence-electron chi connectivity index (χ0n) is 23.6. The fourth-order valence-electron chi connectivity index (χ4n) is 3.74. The summed E-state index contributed by atoms with van der Waals surface area (Å²) in [6.45, 7) is 5.03. The third-order valence-electron chi connectivity index (χ3n) is 5.86. The number of phenols is 1. The molecule has 2 aromatic carbocycles. The molecule has 0 saturated carbocycles. The van der Waals surface area contributed by atoms with Gasteiger partial charge in [0.15, 0.2) is 23.7 Å². The minimum Gasteiger partial charge on any atom is -0.504 e. The van der Waals surface area contributed by atoms with E-state index in [-0.39, 0.29) is 63.5 Å². The van der Waals surface area contributed by atoms with Gasteiger partial charge in [0.1, 0.15) is 0 Å². The molecule has 43 heavy (non-hydrogen) atoms. The summed E-state index contributed by atoms with van der Waals surface area (Å²) in [6, 6.07) is 10.2. The van der Waals surface area contributed by atoms with Crippen molar-refractivity contribution in [2.45, 2.75) is 27.3 Å². The second-order valence-electron chi connectivity index (χ2n) is 9.13. The highest BCUT2D eigenvalue weighted by molar-refractivity contribution is 5.77. The molecular formula is C29H42N4O10. The fourth-order valence-corrected chi connectivity index (χ4v) is 3.74. The Hall–Kier alpha value is -3.95. The Balaban J connectivity index is 0.00000645. The summed E-state index contributed by atoms with van der Waals surface area (Å²) in [4.78, 5) is 35.3. The first kappa shape index (κ1) is 35.2. The number of nitrogens with one attached hydrogen (secondary N) is 2. The Kier molecular flexibility index (Phi) is 15.8. The monoisotopic (exact) mass is 606 g/mol. The van der Waals surface area contributed by atoms with Crippen molar-refractivity contribution in [3.05, 3.63) is 58.1 Å². The molecule has 238 valence electrons. The van der Waals surface area contributed by atoms with Crippen LogP contribution in [0.4, 0.5) is 0 Å². The number of rotatable bonds is 20. The van der Waals surface area contributed by atoms with Crippen LogP contribution in [-0.4, -0.2) is 87.5 Å². The molecule has 14 heteroatoms. The lowest BCUT2D eigenvalue weighted by Crippen LogP contribution is -2.32. The molecule has 0 radical (unpaired) electrons. The van der Waals surface area contributed by atoms with E-state index >= 15 is 0 Å². The number of phenolic OH excluding ortho intramolecular Hbond substituents is 1. The van der Waals surface area contributed by atoms with Crippen molar-refractivity contribution in [2.24, 2.45) is 5.84 Å². The number of ether oxygens (including phenoxy) is 5. The van der Waals surface area contributed by atoms with E-state index in [2.05, 4.69) is 5.32 Å². The fraction of sp³-hybridized carbons (Fsp3) is 0.483. The maximum Gasteiger partial charge on any atom is 0.420 e. The molecule has 1 heterocycles. The van der Waals surface area contributed by atoms with E-state index in [0.717, 1.165) is 5.56 Å². The molecule has 0 aliphatic heterocycles. The van der Waals surface area contributed by atoms with Gasteiger partial charge in [-0.05, 0) is 42.3 Å². The average Bonchev–Trinajstić information content (AvgIpc) is 3.28. The molecule has 0 atom stereocenters. The Morgan fingerprint density at radius 2 is 1.56 bits per heavy atom. The van der Waals surface area contributed by atoms with Gasteiger partial charge in [0.2, 0.25) is 5.91 Å². The van der Waals surface area contributed by atoms with Crippen LogP contribution in [0.5, 0.6) is 11.5 Å². The quantitative estimate of drug-likeness (QED) is 0.0627. The smallest absolute Gasteiger partial charge is 0.420 e. The van der Waals surface area contributed by atoms with E-state index in [1.54, 1.807) is 18.2 Å². The van der Waals surface area contributed by atoms with Crippen LogP contribution in [0.2, 0.25) is 0 Å². The van der Waals surface area contributed by atoms with Crippen LogP contribution in [0, 0.1) is 6.92 Å². The third-order valence-corrected chi connectivity index (χ3v) is 5.86. The highest BCUT2D eigenvalue weighted by Crippen LogP contribution is 2.27. The Labute approximate surface area is 249 Å². The van der Waals surface area contributed by atoms with Gasteiger partial charge in [-0.3, -0.25) is 19.6 Å². The second-order valence-corrected chi connectivity index (χ2v) is 9.13. The number of carbonyl (C=O) groups excluding carboxylic acids is 2. The molecule has 5 N–H and O–H groups in total. The number of hydrazine groups is 1. The molecular weight excluding hydrogens is 564 g/mol. The van der Waals surface area contributed by atoms with Crippen molar-refractivity contribution in [1.29, 1.82) is 0 Å². The first-order chi connectivity index (χ1) is 20.4. The van der Waals surface area contributed by atoms with Crippen LogP contribution in [0.1, 0.15) is 25.0 Å². The minimum atomic E-state index is -0.485. The van der Waals surface area contributed by atoms with E-state index in [9.17, 15) is 19.5 Å². The molecule has 0 fully saturated rings. The SMILES string of the molecule is C.Cc1ccc2oc(=O)n(Cc3ccc(OCC(=O)NCCOCCOCCOCCOCCC(=O)NN)c(O)c3)c2c1. The summed E-state index contributed by atoms with van der Waals surface area (Å²) in [6.07, 6.45) is 0.203. The van der Waals surface area contributed by atoms with E-state index in [1.807, 2.05) is 24.5 Å². The second kappa shape index (κ2) is 19.3. The predicted molar refractivity (Wildman–Crippen MR) is 158 cm³/mol. The van der Waals surface area contributed by atoms with Crippen molar-refractivity contribution in [3.63, 3.8) is 0 Å². The number of hydrogen-bond donors (Lipinski definition) is 4. The number of aryl methyl sites for hydroxylation is 1. The maximum absolute atomic E-state index is 12.3. The standard InChI is InChI=1S/C28H38N4O10.CH4/c1-20-2-4-24-22(16-20)32(28(36)42-24)18-21-3-5-25(23(33)17-21)41-19-27(35)30-7-9-38-11-13-40-15-14-39-12-10-37-8-6-26(34)31-29;/h2-5,16-17,33H,6-15,18-19,29H2,1H3,(H,30,35)(H,31,34);1H4. The first-order valence-corrected chi connectivity index (χ1v) is 13.5. The zero-order valence-corrected chi connectivity index (χ0v) is 23.6. The summed E-state index contributed by atoms with van der Waals surface area (Å²) < 4.78 is 33.6. The van der Waals surface area contributed by atoms with Crippen molar-refractivity contribution >= 4 is 22.9 Å². The lowest BCUT2D eigenvalue weighted by Gasteiger charge is -2.11. The molecule has 3 rings (SSSR count). The Morgan fingerprint density at radius 1 is 0.907 bits per heavy atom.